The molecule has 5 nitrogen and oxygen atoms in total. The van der Waals surface area contributed by atoms with Crippen LogP contribution < -0.4 is 10.6 Å². The number of H-pyrrole nitrogens is 1. The molecule has 0 aliphatic carbocycles. The summed E-state index contributed by atoms with van der Waals surface area (Å²) in [6.45, 7) is 1.12. The Hall–Kier alpha value is -0.880. The zero-order valence-electron chi connectivity index (χ0n) is 6.99. The van der Waals surface area contributed by atoms with Crippen LogP contribution in [0.2, 0.25) is 0 Å². The first-order chi connectivity index (χ1) is 6.27. The summed E-state index contributed by atoms with van der Waals surface area (Å²) in [6.07, 6.45) is 1.98. The van der Waals surface area contributed by atoms with E-state index in [1.165, 1.54) is 4.57 Å². The summed E-state index contributed by atoms with van der Waals surface area (Å²) in [6, 6.07) is 0. The molecule has 0 saturated carbocycles. The Morgan fingerprint density at radius 2 is 2.46 bits per heavy atom. The Morgan fingerprint density at radius 3 is 3.00 bits per heavy atom. The second-order valence-corrected chi connectivity index (χ2v) is 3.78. The second kappa shape index (κ2) is 3.47. The lowest BCUT2D eigenvalue weighted by Crippen LogP contribution is -2.31. The van der Waals surface area contributed by atoms with Gasteiger partial charge in [0.25, 0.3) is 0 Å². The molecule has 6 heteroatoms. The number of ether oxygens (including phenoxy) is 1. The van der Waals surface area contributed by atoms with Crippen molar-refractivity contribution in [2.75, 3.05) is 6.61 Å². The molecule has 1 aromatic rings. The maximum Gasteiger partial charge on any atom is 0.338 e. The fraction of sp³-hybridized carbons (Fsp3) is 0.714. The lowest BCUT2D eigenvalue weighted by molar-refractivity contribution is 0.0956. The van der Waals surface area contributed by atoms with E-state index in [0.29, 0.717) is 6.54 Å². The minimum Gasteiger partial charge on any atom is -0.376 e. The first-order valence-electron chi connectivity index (χ1n) is 4.17. The minimum atomic E-state index is -0.328. The van der Waals surface area contributed by atoms with Crippen LogP contribution in [0, 0.1) is 0 Å². The summed E-state index contributed by atoms with van der Waals surface area (Å²) >= 11 is 0.829. The highest BCUT2D eigenvalue weighted by Crippen LogP contribution is 2.12. The number of hydrogen-bond acceptors (Lipinski definition) is 4. The van der Waals surface area contributed by atoms with E-state index in [1.54, 1.807) is 0 Å². The van der Waals surface area contributed by atoms with Gasteiger partial charge in [-0.05, 0) is 12.8 Å². The maximum absolute atomic E-state index is 11.1. The average Bonchev–Trinajstić information content (AvgIpc) is 2.70. The van der Waals surface area contributed by atoms with Gasteiger partial charge in [-0.3, -0.25) is 9.17 Å². The predicted octanol–water partition coefficient (Wildman–Crippen LogP) is -0.223. The molecule has 0 bridgehead atoms. The van der Waals surface area contributed by atoms with E-state index in [1.807, 2.05) is 0 Å². The molecule has 72 valence electrons. The fourth-order valence-corrected chi connectivity index (χ4v) is 1.98. The highest BCUT2D eigenvalue weighted by molar-refractivity contribution is 7.02. The van der Waals surface area contributed by atoms with Gasteiger partial charge in [-0.15, -0.1) is 0 Å². The molecule has 13 heavy (non-hydrogen) atoms. The predicted molar refractivity (Wildman–Crippen MR) is 48.2 cm³/mol. The van der Waals surface area contributed by atoms with E-state index in [4.69, 9.17) is 4.74 Å². The summed E-state index contributed by atoms with van der Waals surface area (Å²) in [5, 5.41) is 0. The topological polar surface area (TPSA) is 64.1 Å². The lowest BCUT2D eigenvalue weighted by atomic mass is 10.2. The molecule has 0 spiro atoms. The van der Waals surface area contributed by atoms with Crippen molar-refractivity contribution in [3.8, 4) is 0 Å². The number of aromatic amines is 1. The number of aromatic nitrogens is 2. The van der Waals surface area contributed by atoms with Gasteiger partial charge in [-0.1, -0.05) is 0 Å². The van der Waals surface area contributed by atoms with Crippen molar-refractivity contribution >= 4 is 11.5 Å². The van der Waals surface area contributed by atoms with E-state index < -0.39 is 0 Å². The van der Waals surface area contributed by atoms with Crippen LogP contribution >= 0.6 is 11.5 Å². The van der Waals surface area contributed by atoms with Crippen molar-refractivity contribution in [2.24, 2.45) is 0 Å². The Bertz CT molecular complexity index is 357. The van der Waals surface area contributed by atoms with Gasteiger partial charge in [0.1, 0.15) is 0 Å². The minimum absolute atomic E-state index is 0.0356. The molecular weight excluding hydrogens is 192 g/mol. The molecule has 1 aliphatic heterocycles. The standard InChI is InChI=1S/C7H10N2O3S/c10-6-8-13-7(11)9(6)4-5-2-1-3-12-5/h5H,1-4H2,(H,8,10). The molecule has 1 aromatic heterocycles. The normalized spacial score (nSPS) is 22.3. The van der Waals surface area contributed by atoms with E-state index >= 15 is 0 Å². The van der Waals surface area contributed by atoms with Gasteiger partial charge < -0.3 is 4.74 Å². The molecule has 2 rings (SSSR count). The van der Waals surface area contributed by atoms with Crippen LogP contribution in [-0.2, 0) is 11.3 Å². The highest BCUT2D eigenvalue weighted by Gasteiger charge is 2.18. The van der Waals surface area contributed by atoms with Gasteiger partial charge in [-0.25, -0.2) is 9.36 Å². The molecule has 1 saturated heterocycles. The van der Waals surface area contributed by atoms with Crippen LogP contribution in [0.5, 0.6) is 0 Å². The van der Waals surface area contributed by atoms with Gasteiger partial charge in [0.05, 0.1) is 12.6 Å². The molecule has 1 unspecified atom stereocenters. The largest absolute Gasteiger partial charge is 0.376 e. The van der Waals surface area contributed by atoms with Gasteiger partial charge in [0, 0.05) is 18.1 Å². The van der Waals surface area contributed by atoms with Crippen molar-refractivity contribution in [1.82, 2.24) is 8.94 Å². The number of nitrogens with zero attached hydrogens (tertiary/aromatic N) is 1. The molecule has 1 atom stereocenters. The monoisotopic (exact) mass is 202 g/mol. The number of nitrogens with one attached hydrogen (secondary N) is 1. The van der Waals surface area contributed by atoms with Crippen LogP contribution in [0.25, 0.3) is 0 Å². The highest BCUT2D eigenvalue weighted by atomic mass is 32.1. The van der Waals surface area contributed by atoms with Crippen LogP contribution in [0.1, 0.15) is 12.8 Å². The first-order valence-corrected chi connectivity index (χ1v) is 4.99. The molecule has 1 fully saturated rings. The summed E-state index contributed by atoms with van der Waals surface area (Å²) in [5.74, 6) is 0. The van der Waals surface area contributed by atoms with Crippen molar-refractivity contribution in [1.29, 1.82) is 0 Å². The SMILES string of the molecule is O=c1[nH]sc(=O)n1CC1CCCO1. The molecular formula is C7H10N2O3S. The molecule has 0 radical (unpaired) electrons. The maximum atomic E-state index is 11.1. The Morgan fingerprint density at radius 1 is 1.62 bits per heavy atom. The van der Waals surface area contributed by atoms with E-state index in [9.17, 15) is 9.59 Å². The molecule has 1 aliphatic rings. The van der Waals surface area contributed by atoms with E-state index in [0.717, 1.165) is 31.0 Å². The van der Waals surface area contributed by atoms with Crippen molar-refractivity contribution < 1.29 is 4.74 Å². The number of rotatable bonds is 2. The third-order valence-electron chi connectivity index (χ3n) is 2.10. The van der Waals surface area contributed by atoms with Gasteiger partial charge in [0.15, 0.2) is 0 Å². The smallest absolute Gasteiger partial charge is 0.338 e. The van der Waals surface area contributed by atoms with Gasteiger partial charge >= 0.3 is 10.6 Å². The van der Waals surface area contributed by atoms with Gasteiger partial charge in [-0.2, -0.15) is 0 Å². The zero-order chi connectivity index (χ0) is 9.26. The summed E-state index contributed by atoms with van der Waals surface area (Å²) in [5.41, 5.74) is -0.328. The van der Waals surface area contributed by atoms with Crippen LogP contribution in [-0.4, -0.2) is 21.7 Å². The molecule has 2 heterocycles. The first kappa shape index (κ1) is 8.71. The summed E-state index contributed by atoms with van der Waals surface area (Å²) < 4.78 is 8.92. The van der Waals surface area contributed by atoms with E-state index in [-0.39, 0.29) is 16.7 Å². The van der Waals surface area contributed by atoms with Crippen molar-refractivity contribution in [3.05, 3.63) is 20.2 Å². The summed E-state index contributed by atoms with van der Waals surface area (Å²) in [4.78, 5) is 22.0. The van der Waals surface area contributed by atoms with Crippen LogP contribution in [0.3, 0.4) is 0 Å². The Labute approximate surface area is 78.1 Å². The quantitative estimate of drug-likeness (QED) is 0.721. The average molecular weight is 202 g/mol. The van der Waals surface area contributed by atoms with Crippen LogP contribution in [0.15, 0.2) is 9.59 Å². The fourth-order valence-electron chi connectivity index (χ4n) is 1.43. The van der Waals surface area contributed by atoms with Gasteiger partial charge in [0.2, 0.25) is 0 Å². The second-order valence-electron chi connectivity index (χ2n) is 3.02. The van der Waals surface area contributed by atoms with Crippen molar-refractivity contribution in [3.63, 3.8) is 0 Å². The number of hydrogen-bond donors (Lipinski definition) is 1. The lowest BCUT2D eigenvalue weighted by Gasteiger charge is -2.06. The third-order valence-corrected chi connectivity index (χ3v) is 2.77. The molecule has 1 N–H and O–H groups in total. The zero-order valence-corrected chi connectivity index (χ0v) is 7.80. The van der Waals surface area contributed by atoms with E-state index in [2.05, 4.69) is 4.37 Å². The Kier molecular flexibility index (Phi) is 2.32. The third kappa shape index (κ3) is 1.73. The molecule has 0 amide bonds. The molecule has 0 aromatic carbocycles. The van der Waals surface area contributed by atoms with Crippen LogP contribution in [0.4, 0.5) is 0 Å². The van der Waals surface area contributed by atoms with Crippen molar-refractivity contribution in [2.45, 2.75) is 25.5 Å². The Balaban J connectivity index is 2.17. The summed E-state index contributed by atoms with van der Waals surface area (Å²) in [7, 11) is 0.